The van der Waals surface area contributed by atoms with Crippen LogP contribution in [-0.4, -0.2) is 24.6 Å². The molecule has 5 heteroatoms. The van der Waals surface area contributed by atoms with Crippen LogP contribution in [0.15, 0.2) is 18.5 Å². The fourth-order valence-electron chi connectivity index (χ4n) is 3.34. The predicted octanol–water partition coefficient (Wildman–Crippen LogP) is 2.90. The van der Waals surface area contributed by atoms with Gasteiger partial charge in [-0.05, 0) is 18.4 Å². The van der Waals surface area contributed by atoms with Gasteiger partial charge in [0.2, 0.25) is 0 Å². The van der Waals surface area contributed by atoms with Crippen LogP contribution < -0.4 is 0 Å². The van der Waals surface area contributed by atoms with E-state index in [0.29, 0.717) is 11.8 Å². The summed E-state index contributed by atoms with van der Waals surface area (Å²) in [6, 6.07) is 2.05. The number of H-pyrrole nitrogens is 1. The van der Waals surface area contributed by atoms with Gasteiger partial charge in [-0.1, -0.05) is 26.2 Å². The second-order valence-corrected chi connectivity index (χ2v) is 5.59. The zero-order chi connectivity index (χ0) is 12.8. The van der Waals surface area contributed by atoms with E-state index in [2.05, 4.69) is 37.6 Å². The SMILES string of the molecule is CC1CCCCC1c1nnc2cnc3[nH]ccc3n12. The molecule has 2 atom stereocenters. The minimum absolute atomic E-state index is 0.518. The molecule has 1 N–H and O–H groups in total. The zero-order valence-electron chi connectivity index (χ0n) is 11.0. The second kappa shape index (κ2) is 4.05. The molecular weight excluding hydrogens is 238 g/mol. The summed E-state index contributed by atoms with van der Waals surface area (Å²) in [4.78, 5) is 7.52. The lowest BCUT2D eigenvalue weighted by Gasteiger charge is -2.27. The van der Waals surface area contributed by atoms with E-state index >= 15 is 0 Å². The molecule has 0 amide bonds. The van der Waals surface area contributed by atoms with Crippen molar-refractivity contribution in [1.82, 2.24) is 24.6 Å². The van der Waals surface area contributed by atoms with Crippen LogP contribution >= 0.6 is 0 Å². The van der Waals surface area contributed by atoms with Crippen LogP contribution in [0.1, 0.15) is 44.3 Å². The van der Waals surface area contributed by atoms with Crippen LogP contribution in [0.5, 0.6) is 0 Å². The molecule has 0 saturated heterocycles. The maximum Gasteiger partial charge on any atom is 0.179 e. The fraction of sp³-hybridized carbons (Fsp3) is 0.500. The monoisotopic (exact) mass is 255 g/mol. The Morgan fingerprint density at radius 2 is 2.16 bits per heavy atom. The number of fused-ring (bicyclic) bond motifs is 3. The second-order valence-electron chi connectivity index (χ2n) is 5.59. The van der Waals surface area contributed by atoms with Gasteiger partial charge in [-0.3, -0.25) is 4.40 Å². The molecule has 5 nitrogen and oxygen atoms in total. The van der Waals surface area contributed by atoms with Gasteiger partial charge in [0.1, 0.15) is 5.82 Å². The minimum atomic E-state index is 0.518. The minimum Gasteiger partial charge on any atom is -0.345 e. The molecule has 3 aromatic heterocycles. The Labute approximate surface area is 111 Å². The number of nitrogens with one attached hydrogen (secondary N) is 1. The molecule has 2 unspecified atom stereocenters. The summed E-state index contributed by atoms with van der Waals surface area (Å²) in [6.45, 7) is 2.33. The number of rotatable bonds is 1. The summed E-state index contributed by atoms with van der Waals surface area (Å²) >= 11 is 0. The van der Waals surface area contributed by atoms with Crippen molar-refractivity contribution in [3.63, 3.8) is 0 Å². The Hall–Kier alpha value is -1.91. The maximum atomic E-state index is 4.46. The van der Waals surface area contributed by atoms with Crippen molar-refractivity contribution in [1.29, 1.82) is 0 Å². The standard InChI is InChI=1S/C14H17N5/c1-9-4-2-3-5-10(9)14-18-17-12-8-16-13-11(19(12)14)6-7-15-13/h6-10,15H,2-5H2,1H3. The van der Waals surface area contributed by atoms with Crippen molar-refractivity contribution in [2.75, 3.05) is 0 Å². The average molecular weight is 255 g/mol. The van der Waals surface area contributed by atoms with Crippen molar-refractivity contribution >= 4 is 16.8 Å². The van der Waals surface area contributed by atoms with Crippen molar-refractivity contribution in [3.05, 3.63) is 24.3 Å². The summed E-state index contributed by atoms with van der Waals surface area (Å²) in [6.07, 6.45) is 8.87. The number of hydrogen-bond acceptors (Lipinski definition) is 3. The van der Waals surface area contributed by atoms with Crippen LogP contribution in [0.4, 0.5) is 0 Å². The first kappa shape index (κ1) is 11.0. The summed E-state index contributed by atoms with van der Waals surface area (Å²) < 4.78 is 2.17. The van der Waals surface area contributed by atoms with Gasteiger partial charge in [0, 0.05) is 12.1 Å². The highest BCUT2D eigenvalue weighted by Crippen LogP contribution is 2.37. The Morgan fingerprint density at radius 1 is 1.26 bits per heavy atom. The third kappa shape index (κ3) is 1.57. The molecule has 3 aromatic rings. The molecule has 0 radical (unpaired) electrons. The van der Waals surface area contributed by atoms with E-state index in [1.54, 1.807) is 6.20 Å². The quantitative estimate of drug-likeness (QED) is 0.727. The van der Waals surface area contributed by atoms with Crippen LogP contribution in [0.2, 0.25) is 0 Å². The Kier molecular flexibility index (Phi) is 2.33. The lowest BCUT2D eigenvalue weighted by molar-refractivity contribution is 0.319. The maximum absolute atomic E-state index is 4.46. The van der Waals surface area contributed by atoms with E-state index in [4.69, 9.17) is 0 Å². The molecule has 0 aromatic carbocycles. The van der Waals surface area contributed by atoms with Crippen LogP contribution in [-0.2, 0) is 0 Å². The van der Waals surface area contributed by atoms with Gasteiger partial charge in [-0.2, -0.15) is 0 Å². The van der Waals surface area contributed by atoms with Crippen LogP contribution in [0.3, 0.4) is 0 Å². The van der Waals surface area contributed by atoms with Crippen LogP contribution in [0.25, 0.3) is 16.8 Å². The Balaban J connectivity index is 1.96. The first-order chi connectivity index (χ1) is 9.34. The molecule has 4 rings (SSSR count). The lowest BCUT2D eigenvalue weighted by atomic mass is 9.80. The summed E-state index contributed by atoms with van der Waals surface area (Å²) in [5, 5.41) is 8.75. The largest absolute Gasteiger partial charge is 0.345 e. The van der Waals surface area contributed by atoms with Crippen molar-refractivity contribution < 1.29 is 0 Å². The molecule has 3 heterocycles. The topological polar surface area (TPSA) is 58.9 Å². The lowest BCUT2D eigenvalue weighted by Crippen LogP contribution is -2.17. The third-order valence-corrected chi connectivity index (χ3v) is 4.41. The molecule has 1 fully saturated rings. The normalized spacial score (nSPS) is 24.3. The molecule has 0 spiro atoms. The van der Waals surface area contributed by atoms with Gasteiger partial charge in [-0.15, -0.1) is 10.2 Å². The molecule has 98 valence electrons. The van der Waals surface area contributed by atoms with E-state index in [9.17, 15) is 0 Å². The predicted molar refractivity (Wildman–Crippen MR) is 73.0 cm³/mol. The van der Waals surface area contributed by atoms with E-state index in [1.807, 2.05) is 6.20 Å². The zero-order valence-corrected chi connectivity index (χ0v) is 11.0. The molecule has 0 bridgehead atoms. The number of hydrogen-bond donors (Lipinski definition) is 1. The first-order valence-corrected chi connectivity index (χ1v) is 7.02. The van der Waals surface area contributed by atoms with Crippen LogP contribution in [0, 0.1) is 5.92 Å². The van der Waals surface area contributed by atoms with Gasteiger partial charge < -0.3 is 4.98 Å². The summed E-state index contributed by atoms with van der Waals surface area (Å²) in [7, 11) is 0. The molecule has 1 aliphatic rings. The third-order valence-electron chi connectivity index (χ3n) is 4.41. The van der Waals surface area contributed by atoms with E-state index in [1.165, 1.54) is 25.7 Å². The van der Waals surface area contributed by atoms with Crippen molar-refractivity contribution in [2.45, 2.75) is 38.5 Å². The summed E-state index contributed by atoms with van der Waals surface area (Å²) in [5.41, 5.74) is 2.83. The van der Waals surface area contributed by atoms with E-state index in [-0.39, 0.29) is 0 Å². The van der Waals surface area contributed by atoms with Gasteiger partial charge in [-0.25, -0.2) is 4.98 Å². The fourth-order valence-corrected chi connectivity index (χ4v) is 3.34. The van der Waals surface area contributed by atoms with E-state index in [0.717, 1.165) is 22.6 Å². The highest BCUT2D eigenvalue weighted by Gasteiger charge is 2.27. The van der Waals surface area contributed by atoms with Crippen molar-refractivity contribution in [2.24, 2.45) is 5.92 Å². The molecule has 0 aliphatic heterocycles. The number of nitrogens with zero attached hydrogens (tertiary/aromatic N) is 4. The van der Waals surface area contributed by atoms with Gasteiger partial charge in [0.15, 0.2) is 11.3 Å². The smallest absolute Gasteiger partial charge is 0.179 e. The summed E-state index contributed by atoms with van der Waals surface area (Å²) in [5.74, 6) is 2.31. The number of aromatic nitrogens is 5. The van der Waals surface area contributed by atoms with Gasteiger partial charge in [0.25, 0.3) is 0 Å². The average Bonchev–Trinajstić information content (AvgIpc) is 3.04. The first-order valence-electron chi connectivity index (χ1n) is 7.02. The molecule has 19 heavy (non-hydrogen) atoms. The Bertz CT molecular complexity index is 726. The van der Waals surface area contributed by atoms with E-state index < -0.39 is 0 Å². The molecule has 1 saturated carbocycles. The highest BCUT2D eigenvalue weighted by atomic mass is 15.3. The van der Waals surface area contributed by atoms with Gasteiger partial charge in [0.05, 0.1) is 11.7 Å². The van der Waals surface area contributed by atoms with Crippen molar-refractivity contribution in [3.8, 4) is 0 Å². The highest BCUT2D eigenvalue weighted by molar-refractivity contribution is 5.74. The van der Waals surface area contributed by atoms with Gasteiger partial charge >= 0.3 is 0 Å². The molecular formula is C14H17N5. The molecule has 1 aliphatic carbocycles. The Morgan fingerprint density at radius 3 is 3.05 bits per heavy atom. The number of aromatic amines is 1.